The summed E-state index contributed by atoms with van der Waals surface area (Å²) in [4.78, 5) is 12.8. The summed E-state index contributed by atoms with van der Waals surface area (Å²) in [6.07, 6.45) is 1.11. The molecule has 1 aliphatic heterocycles. The number of fused-ring (bicyclic) bond motifs is 2. The fraction of sp³-hybridized carbons (Fsp3) is 0.240. The lowest BCUT2D eigenvalue weighted by Gasteiger charge is -2.19. The Labute approximate surface area is 190 Å². The van der Waals surface area contributed by atoms with Gasteiger partial charge in [-0.2, -0.15) is 0 Å². The Morgan fingerprint density at radius 3 is 2.30 bits per heavy atom. The van der Waals surface area contributed by atoms with Gasteiger partial charge in [0.15, 0.2) is 0 Å². The van der Waals surface area contributed by atoms with Crippen LogP contribution in [0, 0.1) is 11.6 Å². The average molecular weight is 453 g/mol. The topological polar surface area (TPSA) is 82.6 Å². The van der Waals surface area contributed by atoms with E-state index in [-0.39, 0.29) is 11.6 Å². The highest BCUT2D eigenvalue weighted by Crippen LogP contribution is 2.38. The quantitative estimate of drug-likeness (QED) is 0.383. The second-order valence-corrected chi connectivity index (χ2v) is 8.64. The molecular formula is C25H25F2N3O3. The molecule has 0 atom stereocenters. The number of aryl methyl sites for hydroxylation is 1. The lowest BCUT2D eigenvalue weighted by atomic mass is 9.97. The number of carbonyl (C=O) groups is 1. The van der Waals surface area contributed by atoms with Gasteiger partial charge < -0.3 is 25.8 Å². The Balaban J connectivity index is 1.67. The number of amides is 1. The molecule has 0 unspecified atom stereocenters. The molecule has 4 N–H and O–H groups in total. The van der Waals surface area contributed by atoms with Crippen molar-refractivity contribution in [3.05, 3.63) is 71.3 Å². The minimum Gasteiger partial charge on any atom is -0.496 e. The number of carbonyl (C=O) groups excluding carboxylic acids is 1. The number of nitrogens with one attached hydrogen (secondary N) is 3. The molecule has 33 heavy (non-hydrogen) atoms. The van der Waals surface area contributed by atoms with Gasteiger partial charge in [0.25, 0.3) is 5.91 Å². The van der Waals surface area contributed by atoms with Crippen molar-refractivity contribution in [3.63, 3.8) is 0 Å². The van der Waals surface area contributed by atoms with E-state index in [9.17, 15) is 18.7 Å². The van der Waals surface area contributed by atoms with Crippen LogP contribution in [0.1, 0.15) is 36.2 Å². The van der Waals surface area contributed by atoms with Crippen LogP contribution in [0.4, 0.5) is 37.2 Å². The van der Waals surface area contributed by atoms with Crippen molar-refractivity contribution in [2.24, 2.45) is 0 Å². The highest BCUT2D eigenvalue weighted by atomic mass is 19.1. The van der Waals surface area contributed by atoms with Gasteiger partial charge in [-0.15, -0.1) is 0 Å². The molecule has 0 saturated carbocycles. The minimum atomic E-state index is -0.830. The highest BCUT2D eigenvalue weighted by molar-refractivity contribution is 6.12. The van der Waals surface area contributed by atoms with Crippen molar-refractivity contribution in [3.8, 4) is 5.75 Å². The van der Waals surface area contributed by atoms with E-state index < -0.39 is 17.2 Å². The zero-order valence-corrected chi connectivity index (χ0v) is 18.6. The summed E-state index contributed by atoms with van der Waals surface area (Å²) in [6.45, 7) is 3.49. The Morgan fingerprint density at radius 2 is 1.64 bits per heavy atom. The van der Waals surface area contributed by atoms with Gasteiger partial charge >= 0.3 is 0 Å². The zero-order valence-electron chi connectivity index (χ0n) is 18.6. The second kappa shape index (κ2) is 8.71. The Morgan fingerprint density at radius 1 is 0.939 bits per heavy atom. The summed E-state index contributed by atoms with van der Waals surface area (Å²) in [5, 5.41) is 19.2. The van der Waals surface area contributed by atoms with E-state index in [0.29, 0.717) is 46.9 Å². The van der Waals surface area contributed by atoms with E-state index in [0.717, 1.165) is 11.6 Å². The molecule has 0 aliphatic carbocycles. The second-order valence-electron chi connectivity index (χ2n) is 8.64. The third-order valence-electron chi connectivity index (χ3n) is 5.36. The van der Waals surface area contributed by atoms with Crippen molar-refractivity contribution in [2.75, 3.05) is 23.1 Å². The van der Waals surface area contributed by atoms with E-state index in [1.54, 1.807) is 45.2 Å². The van der Waals surface area contributed by atoms with E-state index in [4.69, 9.17) is 4.74 Å². The van der Waals surface area contributed by atoms with Crippen molar-refractivity contribution < 1.29 is 23.4 Å². The normalized spacial score (nSPS) is 12.7. The molecule has 1 aliphatic rings. The third kappa shape index (κ3) is 5.23. The molecule has 0 bridgehead atoms. The van der Waals surface area contributed by atoms with E-state index >= 15 is 0 Å². The zero-order chi connectivity index (χ0) is 23.8. The molecule has 1 amide bonds. The molecular weight excluding hydrogens is 428 g/mol. The molecule has 6 nitrogen and oxygen atoms in total. The number of methoxy groups -OCH3 is 1. The van der Waals surface area contributed by atoms with Crippen LogP contribution in [-0.2, 0) is 6.42 Å². The van der Waals surface area contributed by atoms with Gasteiger partial charge in [-0.25, -0.2) is 8.78 Å². The number of anilines is 5. The van der Waals surface area contributed by atoms with Crippen LogP contribution < -0.4 is 20.7 Å². The average Bonchev–Trinajstić information content (AvgIpc) is 2.85. The van der Waals surface area contributed by atoms with Crippen LogP contribution in [0.5, 0.6) is 5.75 Å². The molecule has 0 saturated heterocycles. The third-order valence-corrected chi connectivity index (χ3v) is 5.36. The molecule has 4 rings (SSSR count). The molecule has 172 valence electrons. The number of benzene rings is 3. The molecule has 0 radical (unpaired) electrons. The van der Waals surface area contributed by atoms with Gasteiger partial charge in [0.05, 0.1) is 35.3 Å². The number of hydrogen-bond donors (Lipinski definition) is 4. The largest absolute Gasteiger partial charge is 0.496 e. The summed E-state index contributed by atoms with van der Waals surface area (Å²) in [7, 11) is 1.56. The number of aliphatic hydroxyl groups is 1. The van der Waals surface area contributed by atoms with Crippen LogP contribution in [0.3, 0.4) is 0 Å². The van der Waals surface area contributed by atoms with E-state index in [1.807, 2.05) is 6.07 Å². The summed E-state index contributed by atoms with van der Waals surface area (Å²) in [5.41, 5.74) is 3.04. The maximum atomic E-state index is 13.5. The molecule has 0 aromatic heterocycles. The molecule has 3 aromatic carbocycles. The lowest BCUT2D eigenvalue weighted by molar-refractivity contribution is 0.0712. The van der Waals surface area contributed by atoms with Crippen molar-refractivity contribution >= 4 is 34.3 Å². The van der Waals surface area contributed by atoms with Gasteiger partial charge in [-0.3, -0.25) is 4.79 Å². The van der Waals surface area contributed by atoms with E-state index in [1.165, 1.54) is 12.1 Å². The number of ether oxygens (including phenoxy) is 1. The minimum absolute atomic E-state index is 0.254. The SMILES string of the molecule is COc1cc2c(cc1CCC(C)(C)O)Nc1cc(Nc3cc(F)cc(F)c3)ccc1C(=O)N2. The van der Waals surface area contributed by atoms with Gasteiger partial charge in [0.2, 0.25) is 0 Å². The summed E-state index contributed by atoms with van der Waals surface area (Å²) < 4.78 is 32.6. The first kappa shape index (κ1) is 22.5. The Kier molecular flexibility index (Phi) is 5.95. The van der Waals surface area contributed by atoms with Gasteiger partial charge in [-0.1, -0.05) is 0 Å². The molecule has 0 spiro atoms. The fourth-order valence-electron chi connectivity index (χ4n) is 3.71. The van der Waals surface area contributed by atoms with Gasteiger partial charge in [-0.05, 0) is 68.7 Å². The summed E-state index contributed by atoms with van der Waals surface area (Å²) >= 11 is 0. The van der Waals surface area contributed by atoms with E-state index in [2.05, 4.69) is 16.0 Å². The number of hydrogen-bond acceptors (Lipinski definition) is 5. The standard InChI is InChI=1S/C25H25F2N3O3/c1-25(2,32)7-6-14-8-21-22(13-23(14)33-3)30-24(31)19-5-4-17(12-20(19)29-21)28-18-10-15(26)9-16(27)11-18/h4-5,8-13,28-29,32H,6-7H2,1-3H3,(H,30,31). The lowest BCUT2D eigenvalue weighted by Crippen LogP contribution is -2.19. The van der Waals surface area contributed by atoms with Crippen molar-refractivity contribution in [2.45, 2.75) is 32.3 Å². The fourth-order valence-corrected chi connectivity index (χ4v) is 3.71. The smallest absolute Gasteiger partial charge is 0.257 e. The van der Waals surface area contributed by atoms with Crippen LogP contribution in [-0.4, -0.2) is 23.7 Å². The molecule has 1 heterocycles. The highest BCUT2D eigenvalue weighted by Gasteiger charge is 2.22. The van der Waals surface area contributed by atoms with Crippen LogP contribution in [0.2, 0.25) is 0 Å². The van der Waals surface area contributed by atoms with Crippen LogP contribution in [0.15, 0.2) is 48.5 Å². The number of rotatable bonds is 6. The van der Waals surface area contributed by atoms with Gasteiger partial charge in [0, 0.05) is 23.5 Å². The van der Waals surface area contributed by atoms with Crippen LogP contribution >= 0.6 is 0 Å². The first-order valence-corrected chi connectivity index (χ1v) is 10.5. The maximum Gasteiger partial charge on any atom is 0.257 e. The van der Waals surface area contributed by atoms with Crippen molar-refractivity contribution in [1.82, 2.24) is 0 Å². The Bertz CT molecular complexity index is 1200. The first-order chi connectivity index (χ1) is 15.6. The van der Waals surface area contributed by atoms with Gasteiger partial charge in [0.1, 0.15) is 17.4 Å². The predicted octanol–water partition coefficient (Wildman–Crippen LogP) is 5.73. The number of halogens is 2. The Hall–Kier alpha value is -3.65. The maximum absolute atomic E-state index is 13.5. The molecule has 8 heteroatoms. The first-order valence-electron chi connectivity index (χ1n) is 10.5. The summed E-state index contributed by atoms with van der Waals surface area (Å²) in [5.74, 6) is -1.06. The predicted molar refractivity (Wildman–Crippen MR) is 125 cm³/mol. The summed E-state index contributed by atoms with van der Waals surface area (Å²) in [6, 6.07) is 11.8. The molecule has 0 fully saturated rings. The van der Waals surface area contributed by atoms with Crippen LogP contribution in [0.25, 0.3) is 0 Å². The van der Waals surface area contributed by atoms with Crippen molar-refractivity contribution in [1.29, 1.82) is 0 Å². The monoisotopic (exact) mass is 453 g/mol. The molecule has 3 aromatic rings.